The smallest absolute Gasteiger partial charge is 0.228 e. The van der Waals surface area contributed by atoms with Gasteiger partial charge in [0, 0.05) is 26.8 Å². The molecule has 5 nitrogen and oxygen atoms in total. The van der Waals surface area contributed by atoms with Gasteiger partial charge in [0.2, 0.25) is 5.91 Å². The maximum absolute atomic E-state index is 12.7. The molecule has 0 aliphatic rings. The fourth-order valence-electron chi connectivity index (χ4n) is 2.29. The Hall–Kier alpha value is -2.18. The van der Waals surface area contributed by atoms with Gasteiger partial charge in [-0.05, 0) is 36.8 Å². The summed E-state index contributed by atoms with van der Waals surface area (Å²) in [5.41, 5.74) is 2.81. The molecule has 0 saturated carbocycles. The van der Waals surface area contributed by atoms with Gasteiger partial charge >= 0.3 is 0 Å². The van der Waals surface area contributed by atoms with Gasteiger partial charge in [-0.2, -0.15) is 0 Å². The molecule has 0 aliphatic heterocycles. The maximum atomic E-state index is 12.7. The first-order chi connectivity index (χ1) is 11.3. The number of amides is 1. The van der Waals surface area contributed by atoms with Crippen molar-refractivity contribution in [2.75, 3.05) is 26.5 Å². The minimum Gasteiger partial charge on any atom is -0.326 e. The van der Waals surface area contributed by atoms with E-state index in [0.29, 0.717) is 17.0 Å². The number of aryl methyl sites for hydroxylation is 1. The minimum atomic E-state index is -2.57. The Balaban J connectivity index is 2.07. The van der Waals surface area contributed by atoms with Gasteiger partial charge in [-0.15, -0.1) is 0 Å². The van der Waals surface area contributed by atoms with Crippen LogP contribution < -0.4 is 5.32 Å². The molecular weight excluding hydrogens is 322 g/mol. The average Bonchev–Trinajstić information content (AvgIpc) is 2.56. The van der Waals surface area contributed by atoms with Crippen molar-refractivity contribution in [2.45, 2.75) is 18.2 Å². The molecule has 0 bridgehead atoms. The van der Waals surface area contributed by atoms with Crippen LogP contribution in [-0.2, 0) is 21.1 Å². The van der Waals surface area contributed by atoms with Crippen molar-refractivity contribution in [1.82, 2.24) is 4.31 Å². The molecular formula is C18H23N3O2S. The molecule has 24 heavy (non-hydrogen) atoms. The van der Waals surface area contributed by atoms with Crippen molar-refractivity contribution in [1.29, 1.82) is 0 Å². The molecule has 1 unspecified atom stereocenters. The Morgan fingerprint density at radius 1 is 1.08 bits per heavy atom. The molecule has 0 saturated heterocycles. The summed E-state index contributed by atoms with van der Waals surface area (Å²) in [7, 11) is 2.42. The summed E-state index contributed by atoms with van der Waals surface area (Å²) in [6, 6.07) is 14.8. The van der Waals surface area contributed by atoms with Gasteiger partial charge in [-0.25, -0.2) is 12.9 Å². The van der Waals surface area contributed by atoms with E-state index in [4.69, 9.17) is 0 Å². The van der Waals surface area contributed by atoms with E-state index in [1.807, 2.05) is 31.2 Å². The predicted octanol–water partition coefficient (Wildman–Crippen LogP) is 3.11. The molecule has 0 aromatic heterocycles. The summed E-state index contributed by atoms with van der Waals surface area (Å²) in [5, 5.41) is 2.85. The Morgan fingerprint density at radius 3 is 2.17 bits per heavy atom. The summed E-state index contributed by atoms with van der Waals surface area (Å²) >= 11 is 0. The summed E-state index contributed by atoms with van der Waals surface area (Å²) < 4.78 is 18.3. The lowest BCUT2D eigenvalue weighted by Gasteiger charge is -2.17. The summed E-state index contributed by atoms with van der Waals surface area (Å²) in [6.45, 7) is 2.01. The molecule has 6 heteroatoms. The highest BCUT2D eigenvalue weighted by Crippen LogP contribution is 2.19. The minimum absolute atomic E-state index is 0.0832. The van der Waals surface area contributed by atoms with Gasteiger partial charge in [0.1, 0.15) is 9.92 Å². The molecule has 2 aromatic carbocycles. The van der Waals surface area contributed by atoms with Gasteiger partial charge in [-0.1, -0.05) is 29.8 Å². The number of hydrogen-bond donors (Lipinski definition) is 1. The van der Waals surface area contributed by atoms with E-state index in [-0.39, 0.29) is 5.91 Å². The highest BCUT2D eigenvalue weighted by atomic mass is 32.2. The Bertz CT molecular complexity index is 818. The van der Waals surface area contributed by atoms with E-state index in [9.17, 15) is 9.00 Å². The molecule has 1 N–H and O–H groups in total. The first kappa shape index (κ1) is 18.2. The lowest BCUT2D eigenvalue weighted by Crippen LogP contribution is -2.22. The van der Waals surface area contributed by atoms with Crippen LogP contribution in [0, 0.1) is 6.92 Å². The topological polar surface area (TPSA) is 61.8 Å². The van der Waals surface area contributed by atoms with Crippen molar-refractivity contribution in [2.24, 2.45) is 4.36 Å². The molecule has 1 atom stereocenters. The third-order valence-electron chi connectivity index (χ3n) is 3.67. The monoisotopic (exact) mass is 345 g/mol. The second kappa shape index (κ2) is 7.59. The molecule has 0 fully saturated rings. The largest absolute Gasteiger partial charge is 0.326 e. The van der Waals surface area contributed by atoms with Crippen molar-refractivity contribution in [3.8, 4) is 0 Å². The molecule has 0 heterocycles. The Labute approximate surface area is 144 Å². The number of anilines is 1. The van der Waals surface area contributed by atoms with E-state index >= 15 is 0 Å². The zero-order valence-electron chi connectivity index (χ0n) is 14.4. The van der Waals surface area contributed by atoms with E-state index in [2.05, 4.69) is 9.68 Å². The molecule has 0 spiro atoms. The third kappa shape index (κ3) is 4.21. The Morgan fingerprint density at radius 2 is 1.67 bits per heavy atom. The highest BCUT2D eigenvalue weighted by Gasteiger charge is 2.14. The lowest BCUT2D eigenvalue weighted by molar-refractivity contribution is -0.115. The van der Waals surface area contributed by atoms with Crippen LogP contribution in [0.3, 0.4) is 0 Å². The van der Waals surface area contributed by atoms with E-state index in [1.54, 1.807) is 49.7 Å². The SMILES string of the molecule is CN=S(=O)(c1ccc(NC(=O)Cc2ccc(C)cc2)cc1)N(C)C. The molecule has 2 aromatic rings. The van der Waals surface area contributed by atoms with Crippen LogP contribution in [0.25, 0.3) is 0 Å². The average molecular weight is 345 g/mol. The number of nitrogens with zero attached hydrogens (tertiary/aromatic N) is 2. The van der Waals surface area contributed by atoms with Gasteiger partial charge in [0.25, 0.3) is 0 Å². The van der Waals surface area contributed by atoms with Crippen LogP contribution in [0.5, 0.6) is 0 Å². The molecule has 128 valence electrons. The number of hydrogen-bond acceptors (Lipinski definition) is 3. The molecule has 2 rings (SSSR count). The van der Waals surface area contributed by atoms with Crippen molar-refractivity contribution >= 4 is 21.5 Å². The van der Waals surface area contributed by atoms with Gasteiger partial charge in [-0.3, -0.25) is 4.79 Å². The maximum Gasteiger partial charge on any atom is 0.228 e. The number of rotatable bonds is 5. The van der Waals surface area contributed by atoms with Crippen LogP contribution in [-0.4, -0.2) is 35.6 Å². The van der Waals surface area contributed by atoms with E-state index < -0.39 is 9.92 Å². The lowest BCUT2D eigenvalue weighted by atomic mass is 10.1. The standard InChI is InChI=1S/C18H23N3O2S/c1-14-5-7-15(8-6-14)13-18(22)20-16-9-11-17(12-10-16)24(23,19-2)21(3)4/h5-12H,13H2,1-4H3,(H,20,22). The highest BCUT2D eigenvalue weighted by molar-refractivity contribution is 7.91. The van der Waals surface area contributed by atoms with E-state index in [0.717, 1.165) is 5.56 Å². The zero-order valence-corrected chi connectivity index (χ0v) is 15.3. The van der Waals surface area contributed by atoms with Crippen LogP contribution in [0.2, 0.25) is 0 Å². The van der Waals surface area contributed by atoms with Crippen LogP contribution in [0.4, 0.5) is 5.69 Å². The van der Waals surface area contributed by atoms with Crippen LogP contribution in [0.1, 0.15) is 11.1 Å². The summed E-state index contributed by atoms with van der Waals surface area (Å²) in [5.74, 6) is -0.0832. The fourth-order valence-corrected chi connectivity index (χ4v) is 3.74. The fraction of sp³-hybridized carbons (Fsp3) is 0.278. The van der Waals surface area contributed by atoms with Crippen molar-refractivity contribution in [3.05, 3.63) is 59.7 Å². The van der Waals surface area contributed by atoms with Gasteiger partial charge in [0.05, 0.1) is 11.3 Å². The van der Waals surface area contributed by atoms with E-state index in [1.165, 1.54) is 5.56 Å². The normalized spacial score (nSPS) is 13.4. The Kier molecular flexibility index (Phi) is 5.75. The van der Waals surface area contributed by atoms with Crippen LogP contribution in [0.15, 0.2) is 57.8 Å². The van der Waals surface area contributed by atoms with Crippen molar-refractivity contribution in [3.63, 3.8) is 0 Å². The zero-order chi connectivity index (χ0) is 17.7. The molecule has 0 aliphatic carbocycles. The first-order valence-corrected chi connectivity index (χ1v) is 9.10. The quantitative estimate of drug-likeness (QED) is 0.905. The number of benzene rings is 2. The third-order valence-corrected chi connectivity index (χ3v) is 6.04. The van der Waals surface area contributed by atoms with Gasteiger partial charge < -0.3 is 5.32 Å². The number of carbonyl (C=O) groups excluding carboxylic acids is 1. The number of nitrogens with one attached hydrogen (secondary N) is 1. The van der Waals surface area contributed by atoms with Crippen molar-refractivity contribution < 1.29 is 9.00 Å². The molecule has 1 amide bonds. The second-order valence-corrected chi connectivity index (χ2v) is 8.29. The predicted molar refractivity (Wildman–Crippen MR) is 98.4 cm³/mol. The summed E-state index contributed by atoms with van der Waals surface area (Å²) in [4.78, 5) is 12.7. The first-order valence-electron chi connectivity index (χ1n) is 7.63. The van der Waals surface area contributed by atoms with Gasteiger partial charge in [0.15, 0.2) is 0 Å². The number of carbonyl (C=O) groups is 1. The summed E-state index contributed by atoms with van der Waals surface area (Å²) in [6.07, 6.45) is 0.320. The molecule has 0 radical (unpaired) electrons. The second-order valence-electron chi connectivity index (χ2n) is 5.73. The van der Waals surface area contributed by atoms with Crippen LogP contribution >= 0.6 is 0 Å².